The van der Waals surface area contributed by atoms with Crippen molar-refractivity contribution in [1.82, 2.24) is 4.98 Å². The molecule has 3 N–H and O–H groups in total. The normalized spacial score (nSPS) is 18.9. The molecule has 0 unspecified atom stereocenters. The smallest absolute Gasteiger partial charge is 0.0400 e. The van der Waals surface area contributed by atoms with Crippen LogP contribution in [0.15, 0.2) is 18.5 Å². The Balaban J connectivity index is 1.98. The number of nitrogens with one attached hydrogen (secondary N) is 1. The minimum Gasteiger partial charge on any atom is -0.384 e. The summed E-state index contributed by atoms with van der Waals surface area (Å²) in [4.78, 5) is 4.11. The number of nitrogens with zero attached hydrogens (tertiary/aromatic N) is 1. The Bertz CT molecular complexity index is 356. The standard InChI is InChI=1S/C14H23N3/c1-12-9-16-8-5-13(12)17-11-14(10-15)6-3-2-4-7-14/h5,8-9H,2-4,6-7,10-11,15H2,1H3,(H,16,17). The molecule has 0 aromatic carbocycles. The first-order chi connectivity index (χ1) is 8.26. The number of nitrogens with two attached hydrogens (primary N) is 1. The second kappa shape index (κ2) is 5.50. The highest BCUT2D eigenvalue weighted by Gasteiger charge is 2.30. The van der Waals surface area contributed by atoms with Gasteiger partial charge in [0.15, 0.2) is 0 Å². The van der Waals surface area contributed by atoms with E-state index >= 15 is 0 Å². The van der Waals surface area contributed by atoms with Gasteiger partial charge in [-0.25, -0.2) is 0 Å². The third-order valence-electron chi connectivity index (χ3n) is 4.02. The molecule has 0 bridgehead atoms. The van der Waals surface area contributed by atoms with Gasteiger partial charge in [0.25, 0.3) is 0 Å². The Morgan fingerprint density at radius 2 is 2.12 bits per heavy atom. The molecule has 1 aromatic heterocycles. The van der Waals surface area contributed by atoms with Gasteiger partial charge in [-0.2, -0.15) is 0 Å². The Morgan fingerprint density at radius 1 is 1.35 bits per heavy atom. The zero-order valence-corrected chi connectivity index (χ0v) is 10.7. The Hall–Kier alpha value is -1.09. The summed E-state index contributed by atoms with van der Waals surface area (Å²) >= 11 is 0. The fourth-order valence-electron chi connectivity index (χ4n) is 2.71. The number of rotatable bonds is 4. The van der Waals surface area contributed by atoms with Gasteiger partial charge in [0, 0.05) is 24.6 Å². The Kier molecular flexibility index (Phi) is 4.00. The molecule has 94 valence electrons. The van der Waals surface area contributed by atoms with Crippen molar-refractivity contribution in [2.24, 2.45) is 11.1 Å². The van der Waals surface area contributed by atoms with Crippen molar-refractivity contribution in [3.8, 4) is 0 Å². The first-order valence-corrected chi connectivity index (χ1v) is 6.60. The fraction of sp³-hybridized carbons (Fsp3) is 0.643. The highest BCUT2D eigenvalue weighted by Crippen LogP contribution is 2.35. The lowest BCUT2D eigenvalue weighted by molar-refractivity contribution is 0.215. The molecular formula is C14H23N3. The molecule has 0 atom stereocenters. The van der Waals surface area contributed by atoms with Crippen LogP contribution in [0, 0.1) is 12.3 Å². The van der Waals surface area contributed by atoms with Gasteiger partial charge < -0.3 is 11.1 Å². The van der Waals surface area contributed by atoms with E-state index in [1.165, 1.54) is 43.4 Å². The van der Waals surface area contributed by atoms with Crippen LogP contribution in [0.4, 0.5) is 5.69 Å². The summed E-state index contributed by atoms with van der Waals surface area (Å²) in [6.07, 6.45) is 10.3. The highest BCUT2D eigenvalue weighted by atomic mass is 14.9. The summed E-state index contributed by atoms with van der Waals surface area (Å²) in [6, 6.07) is 2.04. The van der Waals surface area contributed by atoms with Crippen molar-refractivity contribution in [2.45, 2.75) is 39.0 Å². The third kappa shape index (κ3) is 2.97. The number of hydrogen-bond acceptors (Lipinski definition) is 3. The first kappa shape index (κ1) is 12.4. The van der Waals surface area contributed by atoms with Crippen molar-refractivity contribution in [3.05, 3.63) is 24.0 Å². The number of pyridine rings is 1. The summed E-state index contributed by atoms with van der Waals surface area (Å²) in [6.45, 7) is 3.88. The molecule has 0 aliphatic heterocycles. The van der Waals surface area contributed by atoms with E-state index in [0.29, 0.717) is 5.41 Å². The molecule has 3 nitrogen and oxygen atoms in total. The lowest BCUT2D eigenvalue weighted by Crippen LogP contribution is -2.39. The van der Waals surface area contributed by atoms with Crippen LogP contribution in [-0.4, -0.2) is 18.1 Å². The minimum absolute atomic E-state index is 0.313. The third-order valence-corrected chi connectivity index (χ3v) is 4.02. The highest BCUT2D eigenvalue weighted by molar-refractivity contribution is 5.48. The Labute approximate surface area is 104 Å². The first-order valence-electron chi connectivity index (χ1n) is 6.60. The van der Waals surface area contributed by atoms with Crippen LogP contribution >= 0.6 is 0 Å². The SMILES string of the molecule is Cc1cnccc1NCC1(CN)CCCCC1. The van der Waals surface area contributed by atoms with Gasteiger partial charge in [0.2, 0.25) is 0 Å². The number of hydrogen-bond donors (Lipinski definition) is 2. The predicted molar refractivity (Wildman–Crippen MR) is 72.0 cm³/mol. The molecule has 2 rings (SSSR count). The van der Waals surface area contributed by atoms with Gasteiger partial charge in [-0.1, -0.05) is 19.3 Å². The zero-order valence-electron chi connectivity index (χ0n) is 10.7. The largest absolute Gasteiger partial charge is 0.384 e. The Morgan fingerprint density at radius 3 is 2.76 bits per heavy atom. The second-order valence-electron chi connectivity index (χ2n) is 5.31. The number of aromatic nitrogens is 1. The summed E-state index contributed by atoms with van der Waals surface area (Å²) in [5.41, 5.74) is 8.70. The van der Waals surface area contributed by atoms with E-state index in [4.69, 9.17) is 5.73 Å². The van der Waals surface area contributed by atoms with Crippen LogP contribution in [-0.2, 0) is 0 Å². The maximum absolute atomic E-state index is 5.99. The van der Waals surface area contributed by atoms with E-state index in [1.807, 2.05) is 18.5 Å². The molecule has 1 heterocycles. The lowest BCUT2D eigenvalue weighted by Gasteiger charge is -2.36. The van der Waals surface area contributed by atoms with E-state index in [-0.39, 0.29) is 0 Å². The summed E-state index contributed by atoms with van der Waals surface area (Å²) in [5, 5.41) is 3.55. The fourth-order valence-corrected chi connectivity index (χ4v) is 2.71. The van der Waals surface area contributed by atoms with Gasteiger partial charge in [-0.05, 0) is 43.4 Å². The molecule has 1 fully saturated rings. The molecule has 0 spiro atoms. The summed E-state index contributed by atoms with van der Waals surface area (Å²) in [5.74, 6) is 0. The van der Waals surface area contributed by atoms with Crippen molar-refractivity contribution in [2.75, 3.05) is 18.4 Å². The molecule has 0 radical (unpaired) electrons. The second-order valence-corrected chi connectivity index (χ2v) is 5.31. The van der Waals surface area contributed by atoms with Crippen LogP contribution in [0.25, 0.3) is 0 Å². The molecular weight excluding hydrogens is 210 g/mol. The monoisotopic (exact) mass is 233 g/mol. The van der Waals surface area contributed by atoms with Gasteiger partial charge in [-0.15, -0.1) is 0 Å². The molecule has 1 aliphatic rings. The summed E-state index contributed by atoms with van der Waals surface area (Å²) < 4.78 is 0. The minimum atomic E-state index is 0.313. The lowest BCUT2D eigenvalue weighted by atomic mass is 9.74. The van der Waals surface area contributed by atoms with Crippen LogP contribution < -0.4 is 11.1 Å². The van der Waals surface area contributed by atoms with E-state index in [1.54, 1.807) is 0 Å². The van der Waals surface area contributed by atoms with Crippen molar-refractivity contribution < 1.29 is 0 Å². The molecule has 1 aliphatic carbocycles. The van der Waals surface area contributed by atoms with Crippen molar-refractivity contribution in [3.63, 3.8) is 0 Å². The van der Waals surface area contributed by atoms with E-state index < -0.39 is 0 Å². The number of anilines is 1. The molecule has 0 amide bonds. The maximum Gasteiger partial charge on any atom is 0.0400 e. The van der Waals surface area contributed by atoms with Crippen LogP contribution in [0.5, 0.6) is 0 Å². The number of aryl methyl sites for hydroxylation is 1. The molecule has 1 saturated carbocycles. The van der Waals surface area contributed by atoms with Crippen molar-refractivity contribution >= 4 is 5.69 Å². The van der Waals surface area contributed by atoms with E-state index in [9.17, 15) is 0 Å². The quantitative estimate of drug-likeness (QED) is 0.840. The average molecular weight is 233 g/mol. The van der Waals surface area contributed by atoms with Gasteiger partial charge in [-0.3, -0.25) is 4.98 Å². The maximum atomic E-state index is 5.99. The van der Waals surface area contributed by atoms with E-state index in [0.717, 1.165) is 13.1 Å². The topological polar surface area (TPSA) is 50.9 Å². The molecule has 3 heteroatoms. The van der Waals surface area contributed by atoms with Gasteiger partial charge in [0.1, 0.15) is 0 Å². The van der Waals surface area contributed by atoms with Gasteiger partial charge in [0.05, 0.1) is 0 Å². The van der Waals surface area contributed by atoms with Crippen LogP contribution in [0.3, 0.4) is 0 Å². The van der Waals surface area contributed by atoms with E-state index in [2.05, 4.69) is 17.2 Å². The van der Waals surface area contributed by atoms with Crippen LogP contribution in [0.2, 0.25) is 0 Å². The summed E-state index contributed by atoms with van der Waals surface area (Å²) in [7, 11) is 0. The average Bonchev–Trinajstić information content (AvgIpc) is 2.39. The van der Waals surface area contributed by atoms with Gasteiger partial charge >= 0.3 is 0 Å². The molecule has 0 saturated heterocycles. The molecule has 17 heavy (non-hydrogen) atoms. The molecule has 1 aromatic rings. The predicted octanol–water partition coefficient (Wildman–Crippen LogP) is 2.71. The van der Waals surface area contributed by atoms with Crippen molar-refractivity contribution in [1.29, 1.82) is 0 Å². The zero-order chi connectivity index (χ0) is 12.1. The van der Waals surface area contributed by atoms with Crippen LogP contribution in [0.1, 0.15) is 37.7 Å².